The lowest BCUT2D eigenvalue weighted by Gasteiger charge is -2.12. The van der Waals surface area contributed by atoms with Gasteiger partial charge in [-0.15, -0.1) is 0 Å². The van der Waals surface area contributed by atoms with Crippen LogP contribution in [0.4, 0.5) is 11.4 Å². The Morgan fingerprint density at radius 1 is 1.35 bits per heavy atom. The molecule has 1 aliphatic carbocycles. The van der Waals surface area contributed by atoms with Gasteiger partial charge in [0.15, 0.2) is 0 Å². The van der Waals surface area contributed by atoms with E-state index >= 15 is 0 Å². The molecule has 0 aliphatic heterocycles. The molecule has 0 bridgehead atoms. The standard InChI is InChI=1S/C14H22N2O/c1-11-10-12(6-7-14(11)15)16-8-9-17-13-4-2-3-5-13/h6-7,10,13,16H,2-5,8-9,15H2,1H3. The molecule has 0 aromatic heterocycles. The number of anilines is 2. The van der Waals surface area contributed by atoms with E-state index in [1.54, 1.807) is 0 Å². The van der Waals surface area contributed by atoms with Gasteiger partial charge in [-0.05, 0) is 43.5 Å². The van der Waals surface area contributed by atoms with E-state index in [0.29, 0.717) is 6.10 Å². The van der Waals surface area contributed by atoms with E-state index in [9.17, 15) is 0 Å². The highest BCUT2D eigenvalue weighted by Gasteiger charge is 2.14. The molecule has 0 atom stereocenters. The fourth-order valence-electron chi connectivity index (χ4n) is 2.26. The normalized spacial score (nSPS) is 16.3. The summed E-state index contributed by atoms with van der Waals surface area (Å²) >= 11 is 0. The molecule has 3 heteroatoms. The first kappa shape index (κ1) is 12.2. The summed E-state index contributed by atoms with van der Waals surface area (Å²) in [6, 6.07) is 6.03. The predicted molar refractivity (Wildman–Crippen MR) is 72.3 cm³/mol. The molecule has 2 rings (SSSR count). The van der Waals surface area contributed by atoms with Gasteiger partial charge in [-0.2, -0.15) is 0 Å². The predicted octanol–water partition coefficient (Wildman–Crippen LogP) is 2.95. The van der Waals surface area contributed by atoms with Crippen molar-refractivity contribution in [2.45, 2.75) is 38.7 Å². The van der Waals surface area contributed by atoms with Gasteiger partial charge in [0.1, 0.15) is 0 Å². The zero-order chi connectivity index (χ0) is 12.1. The fourth-order valence-corrected chi connectivity index (χ4v) is 2.26. The van der Waals surface area contributed by atoms with Crippen molar-refractivity contribution in [2.24, 2.45) is 0 Å². The number of ether oxygens (including phenoxy) is 1. The van der Waals surface area contributed by atoms with E-state index in [1.807, 2.05) is 19.1 Å². The number of aryl methyl sites for hydroxylation is 1. The van der Waals surface area contributed by atoms with E-state index in [2.05, 4.69) is 11.4 Å². The quantitative estimate of drug-likeness (QED) is 0.608. The Labute approximate surface area is 103 Å². The van der Waals surface area contributed by atoms with Gasteiger partial charge in [0.25, 0.3) is 0 Å². The van der Waals surface area contributed by atoms with Crippen LogP contribution < -0.4 is 11.1 Å². The van der Waals surface area contributed by atoms with Crippen molar-refractivity contribution in [2.75, 3.05) is 24.2 Å². The fraction of sp³-hybridized carbons (Fsp3) is 0.571. The van der Waals surface area contributed by atoms with Crippen molar-refractivity contribution < 1.29 is 4.74 Å². The maximum Gasteiger partial charge on any atom is 0.0642 e. The van der Waals surface area contributed by atoms with Crippen molar-refractivity contribution in [3.63, 3.8) is 0 Å². The number of rotatable bonds is 5. The topological polar surface area (TPSA) is 47.3 Å². The molecule has 0 spiro atoms. The van der Waals surface area contributed by atoms with Crippen molar-refractivity contribution >= 4 is 11.4 Å². The van der Waals surface area contributed by atoms with Crippen LogP contribution in [0.15, 0.2) is 18.2 Å². The van der Waals surface area contributed by atoms with Crippen LogP contribution in [0.1, 0.15) is 31.2 Å². The molecular weight excluding hydrogens is 212 g/mol. The number of nitrogen functional groups attached to an aromatic ring is 1. The van der Waals surface area contributed by atoms with Crippen LogP contribution in [-0.4, -0.2) is 19.3 Å². The van der Waals surface area contributed by atoms with Crippen LogP contribution in [0, 0.1) is 6.92 Å². The molecule has 0 heterocycles. The largest absolute Gasteiger partial charge is 0.399 e. The van der Waals surface area contributed by atoms with E-state index < -0.39 is 0 Å². The molecule has 94 valence electrons. The Bertz CT molecular complexity index is 359. The van der Waals surface area contributed by atoms with Crippen LogP contribution in [0.3, 0.4) is 0 Å². The second-order valence-corrected chi connectivity index (χ2v) is 4.78. The third-order valence-corrected chi connectivity index (χ3v) is 3.36. The second-order valence-electron chi connectivity index (χ2n) is 4.78. The maximum absolute atomic E-state index is 5.79. The van der Waals surface area contributed by atoms with E-state index in [0.717, 1.165) is 30.1 Å². The molecule has 3 nitrogen and oxygen atoms in total. The van der Waals surface area contributed by atoms with Crippen LogP contribution in [0.25, 0.3) is 0 Å². The lowest BCUT2D eigenvalue weighted by Crippen LogP contribution is -2.15. The maximum atomic E-state index is 5.79. The van der Waals surface area contributed by atoms with Gasteiger partial charge in [-0.25, -0.2) is 0 Å². The molecule has 0 saturated heterocycles. The SMILES string of the molecule is Cc1cc(NCCOC2CCCC2)ccc1N. The summed E-state index contributed by atoms with van der Waals surface area (Å²) in [5, 5.41) is 3.36. The minimum absolute atomic E-state index is 0.505. The first-order valence-corrected chi connectivity index (χ1v) is 6.47. The number of nitrogens with two attached hydrogens (primary N) is 1. The molecule has 1 aromatic carbocycles. The van der Waals surface area contributed by atoms with Gasteiger partial charge in [-0.3, -0.25) is 0 Å². The molecule has 1 saturated carbocycles. The van der Waals surface area contributed by atoms with Crippen LogP contribution in [0.5, 0.6) is 0 Å². The summed E-state index contributed by atoms with van der Waals surface area (Å²) in [6.07, 6.45) is 5.64. The average molecular weight is 234 g/mol. The number of nitrogens with one attached hydrogen (secondary N) is 1. The summed E-state index contributed by atoms with van der Waals surface area (Å²) in [4.78, 5) is 0. The Kier molecular flexibility index (Phi) is 4.26. The second kappa shape index (κ2) is 5.92. The highest BCUT2D eigenvalue weighted by Crippen LogP contribution is 2.20. The summed E-state index contributed by atoms with van der Waals surface area (Å²) in [5.41, 5.74) is 8.85. The average Bonchev–Trinajstić information content (AvgIpc) is 2.82. The van der Waals surface area contributed by atoms with Gasteiger partial charge in [0, 0.05) is 17.9 Å². The minimum atomic E-state index is 0.505. The van der Waals surface area contributed by atoms with Gasteiger partial charge >= 0.3 is 0 Å². The highest BCUT2D eigenvalue weighted by molar-refractivity contribution is 5.56. The van der Waals surface area contributed by atoms with Crippen molar-refractivity contribution in [3.8, 4) is 0 Å². The van der Waals surface area contributed by atoms with Crippen LogP contribution >= 0.6 is 0 Å². The van der Waals surface area contributed by atoms with Gasteiger partial charge in [-0.1, -0.05) is 12.8 Å². The van der Waals surface area contributed by atoms with E-state index in [4.69, 9.17) is 10.5 Å². The lowest BCUT2D eigenvalue weighted by molar-refractivity contribution is 0.0659. The number of hydrogen-bond acceptors (Lipinski definition) is 3. The number of hydrogen-bond donors (Lipinski definition) is 2. The Balaban J connectivity index is 1.68. The van der Waals surface area contributed by atoms with Crippen molar-refractivity contribution in [1.29, 1.82) is 0 Å². The molecule has 0 amide bonds. The zero-order valence-corrected chi connectivity index (χ0v) is 10.5. The minimum Gasteiger partial charge on any atom is -0.399 e. The van der Waals surface area contributed by atoms with Crippen molar-refractivity contribution in [1.82, 2.24) is 0 Å². The van der Waals surface area contributed by atoms with E-state index in [-0.39, 0.29) is 0 Å². The third-order valence-electron chi connectivity index (χ3n) is 3.36. The molecule has 1 aromatic rings. The van der Waals surface area contributed by atoms with Gasteiger partial charge in [0.2, 0.25) is 0 Å². The monoisotopic (exact) mass is 234 g/mol. The first-order valence-electron chi connectivity index (χ1n) is 6.47. The third kappa shape index (κ3) is 3.63. The first-order chi connectivity index (χ1) is 8.25. The lowest BCUT2D eigenvalue weighted by atomic mass is 10.2. The van der Waals surface area contributed by atoms with Crippen LogP contribution in [0.2, 0.25) is 0 Å². The molecule has 3 N–H and O–H groups in total. The Hall–Kier alpha value is -1.22. The van der Waals surface area contributed by atoms with Gasteiger partial charge in [0.05, 0.1) is 12.7 Å². The number of benzene rings is 1. The summed E-state index contributed by atoms with van der Waals surface area (Å²) in [5.74, 6) is 0. The van der Waals surface area contributed by atoms with Crippen LogP contribution in [-0.2, 0) is 4.74 Å². The molecule has 0 radical (unpaired) electrons. The van der Waals surface area contributed by atoms with E-state index in [1.165, 1.54) is 25.7 Å². The van der Waals surface area contributed by atoms with Gasteiger partial charge < -0.3 is 15.8 Å². The molecule has 0 unspecified atom stereocenters. The Morgan fingerprint density at radius 2 is 2.12 bits per heavy atom. The Morgan fingerprint density at radius 3 is 2.82 bits per heavy atom. The molecule has 17 heavy (non-hydrogen) atoms. The molecule has 1 fully saturated rings. The molecule has 1 aliphatic rings. The summed E-state index contributed by atoms with van der Waals surface area (Å²) < 4.78 is 5.79. The van der Waals surface area contributed by atoms with Crippen molar-refractivity contribution in [3.05, 3.63) is 23.8 Å². The summed E-state index contributed by atoms with van der Waals surface area (Å²) in [7, 11) is 0. The molecular formula is C14H22N2O. The highest BCUT2D eigenvalue weighted by atomic mass is 16.5. The smallest absolute Gasteiger partial charge is 0.0642 e. The zero-order valence-electron chi connectivity index (χ0n) is 10.5. The summed E-state index contributed by atoms with van der Waals surface area (Å²) in [6.45, 7) is 3.67.